The van der Waals surface area contributed by atoms with Crippen molar-refractivity contribution in [2.24, 2.45) is 0 Å². The van der Waals surface area contributed by atoms with E-state index in [4.69, 9.17) is 9.47 Å². The first kappa shape index (κ1) is 20.9. The first-order valence-corrected chi connectivity index (χ1v) is 10.7. The van der Waals surface area contributed by atoms with Crippen molar-refractivity contribution in [3.63, 3.8) is 0 Å². The quantitative estimate of drug-likeness (QED) is 0.496. The van der Waals surface area contributed by atoms with Crippen LogP contribution in [0.25, 0.3) is 20.2 Å². The third kappa shape index (κ3) is 3.74. The van der Waals surface area contributed by atoms with Gasteiger partial charge in [-0.3, -0.25) is 9.59 Å². The number of hydrogen-bond acceptors (Lipinski definition) is 6. The number of thiophene rings is 1. The van der Waals surface area contributed by atoms with Crippen molar-refractivity contribution in [2.75, 3.05) is 14.2 Å². The second-order valence-corrected chi connectivity index (χ2v) is 8.27. The van der Waals surface area contributed by atoms with Gasteiger partial charge in [0, 0.05) is 16.6 Å². The molecule has 1 amide bonds. The van der Waals surface area contributed by atoms with Crippen LogP contribution < -0.4 is 20.3 Å². The highest BCUT2D eigenvalue weighted by atomic mass is 32.1. The number of rotatable bonds is 6. The first-order valence-electron chi connectivity index (χ1n) is 9.84. The number of nitrogens with one attached hydrogen (secondary N) is 1. The minimum absolute atomic E-state index is 0.258. The van der Waals surface area contributed by atoms with Gasteiger partial charge in [0.25, 0.3) is 5.56 Å². The van der Waals surface area contributed by atoms with E-state index in [0.29, 0.717) is 23.4 Å². The summed E-state index contributed by atoms with van der Waals surface area (Å²) < 4.78 is 13.7. The van der Waals surface area contributed by atoms with E-state index in [1.807, 2.05) is 43.3 Å². The van der Waals surface area contributed by atoms with Crippen molar-refractivity contribution < 1.29 is 14.3 Å². The van der Waals surface area contributed by atoms with Crippen LogP contribution in [0.5, 0.6) is 11.5 Å². The van der Waals surface area contributed by atoms with Crippen LogP contribution >= 0.6 is 11.3 Å². The zero-order valence-electron chi connectivity index (χ0n) is 17.8. The Morgan fingerprint density at radius 1 is 1.16 bits per heavy atom. The van der Waals surface area contributed by atoms with Crippen molar-refractivity contribution >= 4 is 37.4 Å². The molecular formula is C23H23N3O4S. The summed E-state index contributed by atoms with van der Waals surface area (Å²) in [4.78, 5) is 26.1. The molecule has 0 aliphatic carbocycles. The molecule has 0 aliphatic heterocycles. The molecule has 2 aromatic carbocycles. The highest BCUT2D eigenvalue weighted by molar-refractivity contribution is 7.26. The second-order valence-electron chi connectivity index (χ2n) is 7.22. The molecule has 0 fully saturated rings. The van der Waals surface area contributed by atoms with E-state index < -0.39 is 6.04 Å². The van der Waals surface area contributed by atoms with E-state index in [9.17, 15) is 9.59 Å². The molecule has 8 heteroatoms. The molecule has 0 radical (unpaired) electrons. The normalized spacial score (nSPS) is 12.1. The van der Waals surface area contributed by atoms with Gasteiger partial charge >= 0.3 is 0 Å². The summed E-state index contributed by atoms with van der Waals surface area (Å²) in [6, 6.07) is 12.5. The number of aromatic nitrogens is 2. The lowest BCUT2D eigenvalue weighted by Gasteiger charge is -2.16. The van der Waals surface area contributed by atoms with E-state index in [1.165, 1.54) is 4.68 Å². The Labute approximate surface area is 183 Å². The summed E-state index contributed by atoms with van der Waals surface area (Å²) in [6.45, 7) is 3.83. The topological polar surface area (TPSA) is 82.5 Å². The van der Waals surface area contributed by atoms with Crippen LogP contribution in [-0.2, 0) is 11.3 Å². The lowest BCUT2D eigenvalue weighted by Crippen LogP contribution is -2.37. The fourth-order valence-corrected chi connectivity index (χ4v) is 4.72. The summed E-state index contributed by atoms with van der Waals surface area (Å²) in [6.07, 6.45) is 0. The van der Waals surface area contributed by atoms with E-state index in [0.717, 1.165) is 26.0 Å². The Balaban J connectivity index is 1.61. The minimum atomic E-state index is -0.755. The van der Waals surface area contributed by atoms with Gasteiger partial charge < -0.3 is 14.8 Å². The maximum atomic E-state index is 13.2. The van der Waals surface area contributed by atoms with Gasteiger partial charge in [-0.05, 0) is 37.6 Å². The van der Waals surface area contributed by atoms with Gasteiger partial charge in [-0.15, -0.1) is 11.3 Å². The molecule has 1 N–H and O–H groups in total. The summed E-state index contributed by atoms with van der Waals surface area (Å²) in [5.74, 6) is 0.918. The van der Waals surface area contributed by atoms with Gasteiger partial charge in [-0.2, -0.15) is 5.10 Å². The molecule has 4 aromatic rings. The number of methoxy groups -OCH3 is 2. The van der Waals surface area contributed by atoms with E-state index >= 15 is 0 Å². The molecule has 160 valence electrons. The van der Waals surface area contributed by atoms with Gasteiger partial charge in [0.2, 0.25) is 5.91 Å². The molecule has 0 saturated carbocycles. The molecule has 4 rings (SSSR count). The highest BCUT2D eigenvalue weighted by Crippen LogP contribution is 2.33. The molecule has 0 aliphatic rings. The van der Waals surface area contributed by atoms with Crippen LogP contribution in [0.3, 0.4) is 0 Å². The number of carbonyl (C=O) groups excluding carboxylic acids is 1. The third-order valence-electron chi connectivity index (χ3n) is 5.26. The van der Waals surface area contributed by atoms with Gasteiger partial charge in [-0.25, -0.2) is 4.68 Å². The van der Waals surface area contributed by atoms with Crippen LogP contribution in [0, 0.1) is 6.92 Å². The molecular weight excluding hydrogens is 414 g/mol. The standard InChI is InChI=1S/C23H23N3O4S/c1-13-21-20(16-7-5-6-8-19(16)31-21)23(28)26(25-13)14(2)22(27)24-12-15-9-10-17(29-3)18(11-15)30-4/h5-11,14H,12H2,1-4H3,(H,24,27)/t14-/m1/s1. The number of benzene rings is 2. The zero-order chi connectivity index (χ0) is 22.1. The zero-order valence-corrected chi connectivity index (χ0v) is 18.6. The van der Waals surface area contributed by atoms with E-state index in [-0.39, 0.29) is 11.5 Å². The first-order chi connectivity index (χ1) is 14.9. The average molecular weight is 438 g/mol. The third-order valence-corrected chi connectivity index (χ3v) is 6.54. The van der Waals surface area contributed by atoms with Crippen molar-refractivity contribution in [1.29, 1.82) is 0 Å². The van der Waals surface area contributed by atoms with Gasteiger partial charge in [0.05, 0.1) is 30.0 Å². The molecule has 0 spiro atoms. The van der Waals surface area contributed by atoms with Gasteiger partial charge in [0.15, 0.2) is 11.5 Å². The number of ether oxygens (including phenoxy) is 2. The predicted molar refractivity (Wildman–Crippen MR) is 122 cm³/mol. The summed E-state index contributed by atoms with van der Waals surface area (Å²) in [7, 11) is 3.13. The number of aryl methyl sites for hydroxylation is 1. The van der Waals surface area contributed by atoms with Crippen molar-refractivity contribution in [2.45, 2.75) is 26.4 Å². The molecule has 1 atom stereocenters. The van der Waals surface area contributed by atoms with Crippen LogP contribution in [0.1, 0.15) is 24.2 Å². The second kappa shape index (κ2) is 8.39. The van der Waals surface area contributed by atoms with Crippen molar-refractivity contribution in [3.8, 4) is 11.5 Å². The Bertz CT molecular complexity index is 1340. The Kier molecular flexibility index (Phi) is 5.65. The number of amides is 1. The molecule has 0 unspecified atom stereocenters. The van der Waals surface area contributed by atoms with Crippen LogP contribution in [0.2, 0.25) is 0 Å². The largest absolute Gasteiger partial charge is 0.493 e. The van der Waals surface area contributed by atoms with Crippen LogP contribution in [0.15, 0.2) is 47.3 Å². The maximum Gasteiger partial charge on any atom is 0.276 e. The number of nitrogens with zero attached hydrogens (tertiary/aromatic N) is 2. The lowest BCUT2D eigenvalue weighted by atomic mass is 10.1. The van der Waals surface area contributed by atoms with E-state index in [1.54, 1.807) is 38.5 Å². The molecule has 0 bridgehead atoms. The maximum absolute atomic E-state index is 13.2. The molecule has 0 saturated heterocycles. The van der Waals surface area contributed by atoms with Crippen LogP contribution in [-0.4, -0.2) is 29.9 Å². The fourth-order valence-electron chi connectivity index (χ4n) is 3.58. The number of carbonyl (C=O) groups is 1. The Hall–Kier alpha value is -3.39. The van der Waals surface area contributed by atoms with Crippen molar-refractivity contribution in [1.82, 2.24) is 15.1 Å². The average Bonchev–Trinajstić information content (AvgIpc) is 3.19. The fraction of sp³-hybridized carbons (Fsp3) is 0.261. The molecule has 7 nitrogen and oxygen atoms in total. The van der Waals surface area contributed by atoms with Crippen LogP contribution in [0.4, 0.5) is 0 Å². The predicted octanol–water partition coefficient (Wildman–Crippen LogP) is 3.81. The van der Waals surface area contributed by atoms with Gasteiger partial charge in [0.1, 0.15) is 6.04 Å². The highest BCUT2D eigenvalue weighted by Gasteiger charge is 2.21. The molecule has 31 heavy (non-hydrogen) atoms. The SMILES string of the molecule is COc1ccc(CNC(=O)[C@@H](C)n2nc(C)c3sc4ccccc4c3c2=O)cc1OC. The monoisotopic (exact) mass is 437 g/mol. The molecule has 2 heterocycles. The van der Waals surface area contributed by atoms with Crippen molar-refractivity contribution in [3.05, 3.63) is 64.1 Å². The Morgan fingerprint density at radius 2 is 1.90 bits per heavy atom. The van der Waals surface area contributed by atoms with E-state index in [2.05, 4.69) is 10.4 Å². The minimum Gasteiger partial charge on any atom is -0.493 e. The van der Waals surface area contributed by atoms with Gasteiger partial charge in [-0.1, -0.05) is 24.3 Å². The summed E-state index contributed by atoms with van der Waals surface area (Å²) in [5.41, 5.74) is 1.33. The summed E-state index contributed by atoms with van der Waals surface area (Å²) >= 11 is 1.55. The number of hydrogen-bond donors (Lipinski definition) is 1. The lowest BCUT2D eigenvalue weighted by molar-refractivity contribution is -0.124. The molecule has 2 aromatic heterocycles. The summed E-state index contributed by atoms with van der Waals surface area (Å²) in [5, 5.41) is 8.83. The number of fused-ring (bicyclic) bond motifs is 3. The smallest absolute Gasteiger partial charge is 0.276 e. The Morgan fingerprint density at radius 3 is 2.65 bits per heavy atom.